The van der Waals surface area contributed by atoms with Gasteiger partial charge in [-0.15, -0.1) is 0 Å². The zero-order chi connectivity index (χ0) is 36.7. The monoisotopic (exact) mass is 804 g/mol. The summed E-state index contributed by atoms with van der Waals surface area (Å²) in [5.74, 6) is -0.571. The van der Waals surface area contributed by atoms with E-state index in [9.17, 15) is 9.90 Å². The van der Waals surface area contributed by atoms with Crippen molar-refractivity contribution >= 4 is 73.3 Å². The number of halogens is 1. The van der Waals surface area contributed by atoms with Crippen LogP contribution in [0.3, 0.4) is 0 Å². The number of carboxylic acids is 1. The summed E-state index contributed by atoms with van der Waals surface area (Å²) in [6, 6.07) is 13.8. The van der Waals surface area contributed by atoms with Gasteiger partial charge in [0.25, 0.3) is 0 Å². The number of hydrogen-bond donors (Lipinski definition) is 5. The molecule has 0 aliphatic rings. The van der Waals surface area contributed by atoms with E-state index in [1.807, 2.05) is 18.2 Å². The number of fused-ring (bicyclic) bond motifs is 2. The average Bonchev–Trinajstić information content (AvgIpc) is 3.12. The number of unbranched alkanes of at least 4 members (excludes halogenated alkanes) is 3. The molecule has 0 spiro atoms. The molecule has 7 N–H and O–H groups in total. The molecule has 0 amide bonds. The van der Waals surface area contributed by atoms with Crippen LogP contribution in [0.25, 0.3) is 32.9 Å². The molecule has 0 aliphatic carbocycles. The Balaban J connectivity index is 1.73. The van der Waals surface area contributed by atoms with Crippen LogP contribution in [-0.2, 0) is 4.79 Å². The van der Waals surface area contributed by atoms with Gasteiger partial charge >= 0.3 is 281 Å². The summed E-state index contributed by atoms with van der Waals surface area (Å²) in [5, 5.41) is 18.3. The third kappa shape index (κ3) is 8.21. The summed E-state index contributed by atoms with van der Waals surface area (Å²) in [4.78, 5) is 31.1. The van der Waals surface area contributed by atoms with E-state index in [0.717, 1.165) is 57.2 Å². The molecule has 13 heteroatoms. The molecule has 1 unspecified atom stereocenters. The molecule has 0 radical (unpaired) electrons. The Morgan fingerprint density at radius 2 is 1.43 bits per heavy atom. The van der Waals surface area contributed by atoms with E-state index in [0.29, 0.717) is 44.7 Å². The van der Waals surface area contributed by atoms with Crippen LogP contribution in [0.15, 0.2) is 48.5 Å². The van der Waals surface area contributed by atoms with Crippen molar-refractivity contribution in [2.45, 2.75) is 78.7 Å². The number of nitrogens with zero attached hydrogens (tertiary/aromatic N) is 4. The molecule has 0 bridgehead atoms. The number of rotatable bonds is 17. The van der Waals surface area contributed by atoms with Crippen LogP contribution in [-0.4, -0.2) is 63.5 Å². The predicted octanol–water partition coefficient (Wildman–Crippen LogP) is 7.89. The zero-order valence-corrected chi connectivity index (χ0v) is 33.0. The van der Waals surface area contributed by atoms with Crippen molar-refractivity contribution in [1.29, 1.82) is 0 Å². The van der Waals surface area contributed by atoms with Crippen LogP contribution in [0.5, 0.6) is 5.75 Å². The first kappa shape index (κ1) is 37.8. The second-order valence-corrected chi connectivity index (χ2v) is 26.4. The van der Waals surface area contributed by atoms with Gasteiger partial charge < -0.3 is 11.1 Å². The van der Waals surface area contributed by atoms with Crippen molar-refractivity contribution in [1.82, 2.24) is 19.9 Å². The standard InChI is InChI=1S/C26H22FN8O3.3C4H9.Sn/c1-30-22-15-8-6-12(10-18(15)33-26(29)34-22)14-9-7-13(27)11-19(14)38-21(24(36)37)16-4-3-5-17-20(16)23(31-2)35-25(28)32-17;3*1-3-4-2;/h4-11,21H,1-2H3,(H,36,37)(H3,28,31,32,35)(H3,29,30,33,34);3*1,3-4H2,2H3;. The van der Waals surface area contributed by atoms with Gasteiger partial charge in [0.15, 0.2) is 0 Å². The van der Waals surface area contributed by atoms with Gasteiger partial charge in [-0.1, -0.05) is 0 Å². The number of nitrogens with one attached hydrogen (secondary N) is 2. The molecule has 2 aromatic heterocycles. The molecule has 270 valence electrons. The predicted molar refractivity (Wildman–Crippen MR) is 208 cm³/mol. The second kappa shape index (κ2) is 16.7. The number of aromatic nitrogens is 4. The van der Waals surface area contributed by atoms with Crippen molar-refractivity contribution in [3.8, 4) is 16.9 Å². The topological polar surface area (TPSA) is 174 Å². The molecule has 11 nitrogen and oxygen atoms in total. The summed E-state index contributed by atoms with van der Waals surface area (Å²) in [5.41, 5.74) is 14.9. The fourth-order valence-corrected chi connectivity index (χ4v) is 23.1. The van der Waals surface area contributed by atoms with Crippen LogP contribution in [0.1, 0.15) is 71.0 Å². The minimum atomic E-state index is -3.17. The summed E-state index contributed by atoms with van der Waals surface area (Å²) >= 11 is -3.17. The minimum absolute atomic E-state index is 0.0660. The van der Waals surface area contributed by atoms with E-state index in [1.165, 1.54) is 15.7 Å². The van der Waals surface area contributed by atoms with Crippen molar-refractivity contribution in [2.75, 3.05) is 36.2 Å². The van der Waals surface area contributed by atoms with Gasteiger partial charge in [-0.3, -0.25) is 0 Å². The maximum absolute atomic E-state index is 15.0. The number of aliphatic carboxylic acids is 1. The molecule has 0 fully saturated rings. The Kier molecular flexibility index (Phi) is 12.4. The van der Waals surface area contributed by atoms with E-state index in [4.69, 9.17) is 16.2 Å². The first-order chi connectivity index (χ1) is 24.6. The molecule has 2 heterocycles. The molecule has 51 heavy (non-hydrogen) atoms. The van der Waals surface area contributed by atoms with Gasteiger partial charge in [-0.2, -0.15) is 4.98 Å². The van der Waals surface area contributed by atoms with Crippen molar-refractivity contribution in [3.63, 3.8) is 0 Å². The van der Waals surface area contributed by atoms with Gasteiger partial charge in [-0.25, -0.2) is 0 Å². The number of hydrogen-bond acceptors (Lipinski definition) is 10. The number of carbonyl (C=O) groups is 1. The van der Waals surface area contributed by atoms with Crippen molar-refractivity contribution in [3.05, 3.63) is 59.9 Å². The van der Waals surface area contributed by atoms with E-state index in [-0.39, 0.29) is 17.6 Å². The fourth-order valence-electron chi connectivity index (χ4n) is 7.07. The molecule has 0 saturated heterocycles. The second-order valence-electron chi connectivity index (χ2n) is 13.1. The Morgan fingerprint density at radius 3 is 2.02 bits per heavy atom. The third-order valence-electron chi connectivity index (χ3n) is 9.68. The Morgan fingerprint density at radius 1 is 0.824 bits per heavy atom. The number of anilines is 4. The molecular weight excluding hydrogens is 754 g/mol. The van der Waals surface area contributed by atoms with Crippen LogP contribution in [0.4, 0.5) is 27.9 Å². The van der Waals surface area contributed by atoms with E-state index >= 15 is 4.39 Å². The van der Waals surface area contributed by atoms with Crippen LogP contribution < -0.4 is 30.4 Å². The Labute approximate surface area is 302 Å². The Bertz CT molecular complexity index is 2010. The molecule has 0 aliphatic heterocycles. The first-order valence-corrected chi connectivity index (χ1v) is 25.3. The van der Waals surface area contributed by atoms with Gasteiger partial charge in [0, 0.05) is 7.05 Å². The molecule has 3 aromatic carbocycles. The summed E-state index contributed by atoms with van der Waals surface area (Å²) in [6.07, 6.45) is 5.10. The number of nitrogen functional groups attached to an aromatic ring is 2. The molecule has 5 rings (SSSR count). The third-order valence-corrected chi connectivity index (χ3v) is 25.2. The summed E-state index contributed by atoms with van der Waals surface area (Å²) < 4.78 is 26.2. The van der Waals surface area contributed by atoms with Crippen LogP contribution >= 0.6 is 0 Å². The van der Waals surface area contributed by atoms with Crippen molar-refractivity contribution < 1.29 is 19.0 Å². The zero-order valence-electron chi connectivity index (χ0n) is 30.1. The normalized spacial score (nSPS) is 12.3. The van der Waals surface area contributed by atoms with Gasteiger partial charge in [-0.05, 0) is 0 Å². The summed E-state index contributed by atoms with van der Waals surface area (Å²) in [6.45, 7) is 6.66. The number of carboxylic acid groups (broad SMARTS) is 1. The van der Waals surface area contributed by atoms with E-state index < -0.39 is 36.3 Å². The first-order valence-electron chi connectivity index (χ1n) is 17.8. The van der Waals surface area contributed by atoms with E-state index in [2.05, 4.69) is 57.4 Å². The van der Waals surface area contributed by atoms with Gasteiger partial charge in [0.05, 0.1) is 0 Å². The number of benzene rings is 3. The molecule has 5 aromatic rings. The summed E-state index contributed by atoms with van der Waals surface area (Å²) in [7, 11) is 3.46. The van der Waals surface area contributed by atoms with Gasteiger partial charge in [0.2, 0.25) is 0 Å². The molecule has 1 atom stereocenters. The fraction of sp³-hybridized carbons (Fsp3) is 0.395. The van der Waals surface area contributed by atoms with Gasteiger partial charge in [0.1, 0.15) is 0 Å². The number of nitrogens with two attached hydrogens (primary N) is 2. The van der Waals surface area contributed by atoms with Crippen LogP contribution in [0.2, 0.25) is 13.3 Å². The van der Waals surface area contributed by atoms with Crippen molar-refractivity contribution in [2.24, 2.45) is 0 Å². The average molecular weight is 804 g/mol. The molecular formula is C38H49FN8O3Sn. The SMILES string of the molecule is CCC[CH2][Sn]([CH2]CCC)([CH2]CCC)[c]1cc(C(Oc2cc(F)ccc2-c2ccc3c(NC)nc(N)nc3c2)C(=O)O)c2c(NC)nc(N)nc2c1. The Hall–Kier alpha value is -4.46. The van der Waals surface area contributed by atoms with E-state index in [1.54, 1.807) is 26.2 Å². The molecule has 0 saturated carbocycles. The quantitative estimate of drug-likeness (QED) is 0.0579. The number of ether oxygens (including phenoxy) is 1. The van der Waals surface area contributed by atoms with Crippen LogP contribution in [0, 0.1) is 5.82 Å². The maximum atomic E-state index is 15.0.